The Morgan fingerprint density at radius 3 is 2.35 bits per heavy atom. The number of nitrogens with zero attached hydrogens (tertiary/aromatic N) is 2. The normalized spacial score (nSPS) is 14.7. The quantitative estimate of drug-likeness (QED) is 0.589. The summed E-state index contributed by atoms with van der Waals surface area (Å²) in [7, 11) is 1.62. The predicted molar refractivity (Wildman–Crippen MR) is 126 cm³/mol. The SMILES string of the molecule is COc1ccc(C(=O)c2c(C)n(CCN3CCC(O)CC3)c3ccccc23)cc1.Cl.O. The van der Waals surface area contributed by atoms with Crippen molar-refractivity contribution in [3.63, 3.8) is 0 Å². The Kier molecular flexibility index (Phi) is 8.65. The zero-order valence-electron chi connectivity index (χ0n) is 18.0. The Morgan fingerprint density at radius 2 is 1.71 bits per heavy atom. The molecule has 0 bridgehead atoms. The van der Waals surface area contributed by atoms with Gasteiger partial charge in [-0.2, -0.15) is 0 Å². The summed E-state index contributed by atoms with van der Waals surface area (Å²) in [6, 6.07) is 15.4. The molecule has 2 heterocycles. The average Bonchev–Trinajstić information content (AvgIpc) is 3.04. The summed E-state index contributed by atoms with van der Waals surface area (Å²) in [6.45, 7) is 5.64. The summed E-state index contributed by atoms with van der Waals surface area (Å²) in [5.41, 5.74) is 3.55. The van der Waals surface area contributed by atoms with Gasteiger partial charge in [0.25, 0.3) is 0 Å². The highest BCUT2D eigenvalue weighted by molar-refractivity contribution is 6.17. The number of benzene rings is 2. The molecule has 0 aliphatic carbocycles. The first-order valence-electron chi connectivity index (χ1n) is 10.3. The molecule has 3 N–H and O–H groups in total. The molecule has 3 aromatic rings. The number of aliphatic hydroxyl groups excluding tert-OH is 1. The topological polar surface area (TPSA) is 86.2 Å². The van der Waals surface area contributed by atoms with Crippen molar-refractivity contribution in [2.24, 2.45) is 0 Å². The van der Waals surface area contributed by atoms with Gasteiger partial charge < -0.3 is 24.8 Å². The van der Waals surface area contributed by atoms with Crippen LogP contribution in [0.15, 0.2) is 48.5 Å². The number of aromatic nitrogens is 1. The molecule has 1 aliphatic rings. The van der Waals surface area contributed by atoms with Crippen molar-refractivity contribution in [1.82, 2.24) is 9.47 Å². The highest BCUT2D eigenvalue weighted by Crippen LogP contribution is 2.29. The molecule has 7 heteroatoms. The van der Waals surface area contributed by atoms with Gasteiger partial charge in [0.05, 0.1) is 18.8 Å². The fraction of sp³-hybridized carbons (Fsp3) is 0.375. The second-order valence-corrected chi connectivity index (χ2v) is 7.76. The van der Waals surface area contributed by atoms with Crippen molar-refractivity contribution in [3.8, 4) is 5.75 Å². The van der Waals surface area contributed by atoms with Crippen LogP contribution < -0.4 is 4.74 Å². The summed E-state index contributed by atoms with van der Waals surface area (Å²) in [4.78, 5) is 15.7. The molecule has 1 aliphatic heterocycles. The highest BCUT2D eigenvalue weighted by atomic mass is 35.5. The van der Waals surface area contributed by atoms with Gasteiger partial charge in [0.2, 0.25) is 0 Å². The highest BCUT2D eigenvalue weighted by Gasteiger charge is 2.22. The number of aliphatic hydroxyl groups is 1. The maximum Gasteiger partial charge on any atom is 0.195 e. The molecule has 1 aromatic heterocycles. The van der Waals surface area contributed by atoms with E-state index in [4.69, 9.17) is 4.74 Å². The molecule has 4 rings (SSSR count). The standard InChI is InChI=1S/C24H28N2O3.ClH.H2O/c1-17-23(24(28)18-7-9-20(29-2)10-8-18)21-5-3-4-6-22(21)26(17)16-15-25-13-11-19(27)12-14-25;;/h3-10,19,27H,11-16H2,1-2H3;1H;1H2. The maximum absolute atomic E-state index is 13.3. The van der Waals surface area contributed by atoms with Crippen LogP contribution in [0, 0.1) is 6.92 Å². The van der Waals surface area contributed by atoms with Crippen molar-refractivity contribution < 1.29 is 20.1 Å². The summed E-state index contributed by atoms with van der Waals surface area (Å²) in [5.74, 6) is 0.786. The molecule has 1 saturated heterocycles. The van der Waals surface area contributed by atoms with Crippen LogP contribution >= 0.6 is 12.4 Å². The molecule has 0 saturated carbocycles. The van der Waals surface area contributed by atoms with Crippen LogP contribution in [0.2, 0.25) is 0 Å². The van der Waals surface area contributed by atoms with E-state index < -0.39 is 0 Å². The Hall–Kier alpha value is -2.38. The summed E-state index contributed by atoms with van der Waals surface area (Å²) < 4.78 is 7.47. The van der Waals surface area contributed by atoms with Crippen molar-refractivity contribution in [3.05, 3.63) is 65.4 Å². The number of hydrogen-bond acceptors (Lipinski definition) is 4. The van der Waals surface area contributed by atoms with Gasteiger partial charge in [-0.1, -0.05) is 18.2 Å². The number of ketones is 1. The Morgan fingerprint density at radius 1 is 1.06 bits per heavy atom. The number of carbonyl (C=O) groups excluding carboxylic acids is 1. The predicted octanol–water partition coefficient (Wildman–Crippen LogP) is 3.24. The minimum Gasteiger partial charge on any atom is -0.497 e. The number of fused-ring (bicyclic) bond motifs is 1. The lowest BCUT2D eigenvalue weighted by atomic mass is 10.0. The molecule has 0 radical (unpaired) electrons. The van der Waals surface area contributed by atoms with Gasteiger partial charge in [0.1, 0.15) is 5.75 Å². The van der Waals surface area contributed by atoms with Crippen molar-refractivity contribution in [1.29, 1.82) is 0 Å². The van der Waals surface area contributed by atoms with Crippen LogP contribution in [-0.2, 0) is 6.54 Å². The number of halogens is 1. The number of likely N-dealkylation sites (tertiary alicyclic amines) is 1. The smallest absolute Gasteiger partial charge is 0.195 e. The van der Waals surface area contributed by atoms with E-state index in [1.807, 2.05) is 49.4 Å². The molecular weight excluding hydrogens is 416 g/mol. The zero-order chi connectivity index (χ0) is 20.4. The molecule has 2 aromatic carbocycles. The summed E-state index contributed by atoms with van der Waals surface area (Å²) in [6.07, 6.45) is 1.52. The molecule has 31 heavy (non-hydrogen) atoms. The zero-order valence-corrected chi connectivity index (χ0v) is 18.8. The van der Waals surface area contributed by atoms with E-state index in [0.29, 0.717) is 5.56 Å². The van der Waals surface area contributed by atoms with Crippen LogP contribution in [0.5, 0.6) is 5.75 Å². The number of hydrogen-bond donors (Lipinski definition) is 1. The van der Waals surface area contributed by atoms with Crippen LogP contribution in [0.1, 0.15) is 34.5 Å². The van der Waals surface area contributed by atoms with Gasteiger partial charge in [0.15, 0.2) is 5.78 Å². The summed E-state index contributed by atoms with van der Waals surface area (Å²) >= 11 is 0. The number of methoxy groups -OCH3 is 1. The van der Waals surface area contributed by atoms with E-state index in [2.05, 4.69) is 15.5 Å². The molecule has 0 atom stereocenters. The Balaban J connectivity index is 0.00000171. The minimum absolute atomic E-state index is 0. The molecule has 1 fully saturated rings. The number of rotatable bonds is 6. The number of piperidine rings is 1. The van der Waals surface area contributed by atoms with Gasteiger partial charge in [0, 0.05) is 48.3 Å². The van der Waals surface area contributed by atoms with E-state index in [-0.39, 0.29) is 29.8 Å². The molecule has 0 spiro atoms. The van der Waals surface area contributed by atoms with Crippen LogP contribution in [0.25, 0.3) is 10.9 Å². The summed E-state index contributed by atoms with van der Waals surface area (Å²) in [5, 5.41) is 10.7. The fourth-order valence-corrected chi connectivity index (χ4v) is 4.28. The van der Waals surface area contributed by atoms with E-state index in [0.717, 1.165) is 66.9 Å². The first-order chi connectivity index (χ1) is 14.1. The third-order valence-electron chi connectivity index (χ3n) is 6.01. The Bertz CT molecular complexity index is 1010. The molecule has 0 unspecified atom stereocenters. The molecule has 168 valence electrons. The van der Waals surface area contributed by atoms with Gasteiger partial charge in [-0.05, 0) is 50.1 Å². The lowest BCUT2D eigenvalue weighted by molar-refractivity contribution is 0.0810. The Labute approximate surface area is 189 Å². The first kappa shape index (κ1) is 24.9. The van der Waals surface area contributed by atoms with Crippen molar-refractivity contribution in [2.45, 2.75) is 32.4 Å². The lowest BCUT2D eigenvalue weighted by Crippen LogP contribution is -2.37. The van der Waals surface area contributed by atoms with Crippen molar-refractivity contribution in [2.75, 3.05) is 26.7 Å². The van der Waals surface area contributed by atoms with Gasteiger partial charge in [-0.25, -0.2) is 0 Å². The van der Waals surface area contributed by atoms with Gasteiger partial charge in [-0.15, -0.1) is 12.4 Å². The number of carbonyl (C=O) groups is 1. The molecule has 6 nitrogen and oxygen atoms in total. The average molecular weight is 447 g/mol. The van der Waals surface area contributed by atoms with E-state index in [1.54, 1.807) is 7.11 Å². The minimum atomic E-state index is -0.158. The van der Waals surface area contributed by atoms with Gasteiger partial charge in [-0.3, -0.25) is 4.79 Å². The second kappa shape index (κ2) is 10.8. The van der Waals surface area contributed by atoms with Crippen LogP contribution in [0.3, 0.4) is 0 Å². The van der Waals surface area contributed by atoms with E-state index >= 15 is 0 Å². The third-order valence-corrected chi connectivity index (χ3v) is 6.01. The first-order valence-corrected chi connectivity index (χ1v) is 10.3. The molecular formula is C24H31ClN2O4. The lowest BCUT2D eigenvalue weighted by Gasteiger charge is -2.29. The van der Waals surface area contributed by atoms with Gasteiger partial charge >= 0.3 is 0 Å². The molecule has 0 amide bonds. The monoisotopic (exact) mass is 446 g/mol. The fourth-order valence-electron chi connectivity index (χ4n) is 4.28. The van der Waals surface area contributed by atoms with E-state index in [9.17, 15) is 9.90 Å². The third kappa shape index (κ3) is 5.10. The van der Waals surface area contributed by atoms with Crippen LogP contribution in [0.4, 0.5) is 0 Å². The number of ether oxygens (including phenoxy) is 1. The largest absolute Gasteiger partial charge is 0.497 e. The second-order valence-electron chi connectivity index (χ2n) is 7.76. The number of para-hydroxylation sites is 1. The van der Waals surface area contributed by atoms with E-state index in [1.165, 1.54) is 0 Å². The van der Waals surface area contributed by atoms with Crippen molar-refractivity contribution >= 4 is 29.1 Å². The van der Waals surface area contributed by atoms with Crippen LogP contribution in [-0.4, -0.2) is 58.7 Å². The maximum atomic E-state index is 13.3.